The molecule has 84 valence electrons. The Morgan fingerprint density at radius 1 is 1.40 bits per heavy atom. The van der Waals surface area contributed by atoms with Crippen LogP contribution in [0.3, 0.4) is 0 Å². The molecule has 0 aliphatic carbocycles. The molecule has 0 fully saturated rings. The molecule has 0 spiro atoms. The summed E-state index contributed by atoms with van der Waals surface area (Å²) in [5.41, 5.74) is -1.78. The van der Waals surface area contributed by atoms with Crippen molar-refractivity contribution in [2.45, 2.75) is 4.90 Å². The van der Waals surface area contributed by atoms with Crippen LogP contribution in [-0.2, 0) is 14.9 Å². The lowest BCUT2D eigenvalue weighted by Gasteiger charge is -2.12. The van der Waals surface area contributed by atoms with Crippen molar-refractivity contribution in [2.75, 3.05) is 14.2 Å². The van der Waals surface area contributed by atoms with Gasteiger partial charge in [-0.2, -0.15) is 0 Å². The molecule has 0 aromatic carbocycles. The first-order valence-corrected chi connectivity index (χ1v) is 5.18. The molecule has 1 rings (SSSR count). The third-order valence-electron chi connectivity index (χ3n) is 1.66. The number of hydroxylamine groups is 1. The smallest absolute Gasteiger partial charge is 0.313 e. The fourth-order valence-electron chi connectivity index (χ4n) is 0.826. The molecular weight excluding hydrogens is 226 g/mol. The van der Waals surface area contributed by atoms with Crippen molar-refractivity contribution < 1.29 is 13.3 Å². The minimum atomic E-state index is -4.04. The van der Waals surface area contributed by atoms with Gasteiger partial charge in [0, 0.05) is 13.2 Å². The fourth-order valence-corrected chi connectivity index (χ4v) is 1.79. The molecule has 1 heterocycles. The predicted octanol–water partition coefficient (Wildman–Crippen LogP) is -1.75. The van der Waals surface area contributed by atoms with E-state index in [1.54, 1.807) is 4.98 Å². The SMILES string of the molecule is CON(C)S(=O)(=O)c1c[nH]c(=O)[nH]c1=O. The predicted molar refractivity (Wildman–Crippen MR) is 49.6 cm³/mol. The van der Waals surface area contributed by atoms with Crippen molar-refractivity contribution >= 4 is 10.0 Å². The van der Waals surface area contributed by atoms with Gasteiger partial charge in [0.1, 0.15) is 0 Å². The van der Waals surface area contributed by atoms with Gasteiger partial charge < -0.3 is 4.98 Å². The maximum atomic E-state index is 11.6. The molecule has 0 saturated heterocycles. The molecule has 1 aromatic rings. The van der Waals surface area contributed by atoms with E-state index in [2.05, 4.69) is 9.82 Å². The number of hydrogen-bond acceptors (Lipinski definition) is 5. The number of sulfonamides is 1. The van der Waals surface area contributed by atoms with Gasteiger partial charge >= 0.3 is 5.69 Å². The minimum absolute atomic E-state index is 0.510. The molecule has 2 N–H and O–H groups in total. The zero-order valence-corrected chi connectivity index (χ0v) is 8.79. The van der Waals surface area contributed by atoms with E-state index in [0.29, 0.717) is 4.47 Å². The van der Waals surface area contributed by atoms with Crippen LogP contribution >= 0.6 is 0 Å². The van der Waals surface area contributed by atoms with Crippen molar-refractivity contribution in [1.82, 2.24) is 14.4 Å². The van der Waals surface area contributed by atoms with Crippen LogP contribution in [-0.4, -0.2) is 37.0 Å². The zero-order chi connectivity index (χ0) is 11.6. The average Bonchev–Trinajstić information content (AvgIpc) is 2.15. The van der Waals surface area contributed by atoms with Gasteiger partial charge in [-0.1, -0.05) is 4.47 Å². The second-order valence-electron chi connectivity index (χ2n) is 2.53. The molecule has 0 aliphatic heterocycles. The summed E-state index contributed by atoms with van der Waals surface area (Å²) in [6.45, 7) is 0. The molecule has 0 atom stereocenters. The van der Waals surface area contributed by atoms with Crippen LogP contribution in [0.25, 0.3) is 0 Å². The van der Waals surface area contributed by atoms with Crippen molar-refractivity contribution in [3.05, 3.63) is 27.0 Å². The van der Waals surface area contributed by atoms with Crippen molar-refractivity contribution in [1.29, 1.82) is 0 Å². The first kappa shape index (κ1) is 11.6. The maximum absolute atomic E-state index is 11.6. The van der Waals surface area contributed by atoms with Gasteiger partial charge in [-0.05, 0) is 0 Å². The quantitative estimate of drug-likeness (QED) is 0.603. The lowest BCUT2D eigenvalue weighted by molar-refractivity contribution is -0.0259. The Hall–Kier alpha value is -1.45. The second kappa shape index (κ2) is 3.96. The molecule has 0 unspecified atom stereocenters. The normalized spacial score (nSPS) is 11.9. The van der Waals surface area contributed by atoms with Crippen molar-refractivity contribution in [2.24, 2.45) is 0 Å². The van der Waals surface area contributed by atoms with E-state index in [1.165, 1.54) is 0 Å². The molecular formula is C6H9N3O5S. The van der Waals surface area contributed by atoms with E-state index in [0.717, 1.165) is 20.4 Å². The highest BCUT2D eigenvalue weighted by atomic mass is 32.2. The first-order chi connectivity index (χ1) is 6.89. The summed E-state index contributed by atoms with van der Waals surface area (Å²) >= 11 is 0. The Kier molecular flexibility index (Phi) is 3.07. The third kappa shape index (κ3) is 2.14. The summed E-state index contributed by atoms with van der Waals surface area (Å²) in [6, 6.07) is 0. The highest BCUT2D eigenvalue weighted by molar-refractivity contribution is 7.89. The molecule has 8 nitrogen and oxygen atoms in total. The Morgan fingerprint density at radius 2 is 2.00 bits per heavy atom. The lowest BCUT2D eigenvalue weighted by atomic mass is 10.7. The first-order valence-electron chi connectivity index (χ1n) is 3.74. The van der Waals surface area contributed by atoms with Crippen LogP contribution in [0.5, 0.6) is 0 Å². The number of rotatable bonds is 3. The topological polar surface area (TPSA) is 112 Å². The van der Waals surface area contributed by atoms with Crippen LogP contribution in [0.2, 0.25) is 0 Å². The van der Waals surface area contributed by atoms with Gasteiger partial charge in [-0.3, -0.25) is 14.6 Å². The number of nitrogens with zero attached hydrogens (tertiary/aromatic N) is 1. The molecule has 0 saturated carbocycles. The molecule has 0 aliphatic rings. The van der Waals surface area contributed by atoms with Crippen LogP contribution in [0, 0.1) is 0 Å². The summed E-state index contributed by atoms with van der Waals surface area (Å²) < 4.78 is 23.6. The van der Waals surface area contributed by atoms with Crippen molar-refractivity contribution in [3.63, 3.8) is 0 Å². The summed E-state index contributed by atoms with van der Waals surface area (Å²) in [7, 11) is -1.78. The van der Waals surface area contributed by atoms with Gasteiger partial charge in [0.05, 0.1) is 7.11 Å². The Morgan fingerprint density at radius 3 is 2.47 bits per heavy atom. The van der Waals surface area contributed by atoms with E-state index in [-0.39, 0.29) is 0 Å². The number of aromatic amines is 2. The third-order valence-corrected chi connectivity index (χ3v) is 3.34. The van der Waals surface area contributed by atoms with Gasteiger partial charge in [0.25, 0.3) is 15.6 Å². The van der Waals surface area contributed by atoms with Crippen LogP contribution in [0.15, 0.2) is 20.7 Å². The lowest BCUT2D eigenvalue weighted by Crippen LogP contribution is -2.33. The second-order valence-corrected chi connectivity index (χ2v) is 4.44. The average molecular weight is 235 g/mol. The van der Waals surface area contributed by atoms with E-state index in [1.807, 2.05) is 0 Å². The summed E-state index contributed by atoms with van der Waals surface area (Å²) in [5.74, 6) is 0. The number of nitrogens with one attached hydrogen (secondary N) is 2. The van der Waals surface area contributed by atoms with E-state index in [4.69, 9.17) is 0 Å². The summed E-state index contributed by atoms with van der Waals surface area (Å²) in [6.07, 6.45) is 0.812. The standard InChI is InChI=1S/C6H9N3O5S/c1-9(14-2)15(12,13)4-3-7-6(11)8-5(4)10/h3H,1-2H3,(H2,7,8,10,11). The van der Waals surface area contributed by atoms with Gasteiger partial charge in [0.2, 0.25) is 0 Å². The number of hydrogen-bond donors (Lipinski definition) is 2. The van der Waals surface area contributed by atoms with E-state index in [9.17, 15) is 18.0 Å². The van der Waals surface area contributed by atoms with Crippen LogP contribution in [0.4, 0.5) is 0 Å². The molecule has 15 heavy (non-hydrogen) atoms. The maximum Gasteiger partial charge on any atom is 0.325 e. The number of aromatic nitrogens is 2. The van der Waals surface area contributed by atoms with Crippen molar-refractivity contribution in [3.8, 4) is 0 Å². The molecule has 0 radical (unpaired) electrons. The molecule has 1 aromatic heterocycles. The zero-order valence-electron chi connectivity index (χ0n) is 7.97. The monoisotopic (exact) mass is 235 g/mol. The minimum Gasteiger partial charge on any atom is -0.313 e. The summed E-state index contributed by atoms with van der Waals surface area (Å²) in [4.78, 5) is 29.5. The van der Waals surface area contributed by atoms with Gasteiger partial charge in [-0.25, -0.2) is 13.2 Å². The number of H-pyrrole nitrogens is 2. The van der Waals surface area contributed by atoms with Crippen LogP contribution < -0.4 is 11.2 Å². The highest BCUT2D eigenvalue weighted by Crippen LogP contribution is 2.06. The summed E-state index contributed by atoms with van der Waals surface area (Å²) in [5, 5.41) is 0. The van der Waals surface area contributed by atoms with Gasteiger partial charge in [0.15, 0.2) is 4.90 Å². The molecule has 0 amide bonds. The fraction of sp³-hybridized carbons (Fsp3) is 0.333. The molecule has 0 bridgehead atoms. The highest BCUT2D eigenvalue weighted by Gasteiger charge is 2.24. The Bertz CT molecular complexity index is 557. The van der Waals surface area contributed by atoms with Gasteiger partial charge in [-0.15, -0.1) is 0 Å². The largest absolute Gasteiger partial charge is 0.325 e. The Balaban J connectivity index is 3.41. The molecule has 9 heteroatoms. The van der Waals surface area contributed by atoms with Crippen LogP contribution in [0.1, 0.15) is 0 Å². The van der Waals surface area contributed by atoms with E-state index < -0.39 is 26.2 Å². The Labute approximate surface area is 84.5 Å². The van der Waals surface area contributed by atoms with E-state index >= 15 is 0 Å².